The molecule has 1 unspecified atom stereocenters. The molecule has 0 spiro atoms. The molecule has 0 radical (unpaired) electrons. The molecule has 2 N–H and O–H groups in total. The van der Waals surface area contributed by atoms with Gasteiger partial charge in [0.2, 0.25) is 5.91 Å². The Bertz CT molecular complexity index is 211. The summed E-state index contributed by atoms with van der Waals surface area (Å²) in [5.74, 6) is 1.35. The molecule has 1 aliphatic rings. The average Bonchev–Trinajstić information content (AvgIpc) is 2.64. The maximum atomic E-state index is 11.9. The molecule has 0 aromatic heterocycles. The lowest BCUT2D eigenvalue weighted by Crippen LogP contribution is -2.36. The molecule has 1 rings (SSSR count). The van der Waals surface area contributed by atoms with Crippen molar-refractivity contribution in [2.24, 2.45) is 5.73 Å². The average molecular weight is 230 g/mol. The largest absolute Gasteiger partial charge is 0.340 e. The van der Waals surface area contributed by atoms with Gasteiger partial charge < -0.3 is 10.6 Å². The van der Waals surface area contributed by atoms with Gasteiger partial charge in [0.15, 0.2) is 0 Å². The first-order chi connectivity index (χ1) is 7.15. The number of hydrogen-bond acceptors (Lipinski definition) is 3. The minimum atomic E-state index is 0.0989. The number of rotatable bonds is 5. The minimum Gasteiger partial charge on any atom is -0.340 e. The zero-order valence-electron chi connectivity index (χ0n) is 9.74. The standard InChI is InChI=1S/C11H22N2OS/c1-3-4-7-15-9(2)11(14)13-6-5-10(12)8-13/h9-10H,3-8,12H2,1-2H3/t9?,10-/m1/s1. The first-order valence-electron chi connectivity index (χ1n) is 5.81. The Morgan fingerprint density at radius 1 is 1.67 bits per heavy atom. The third kappa shape index (κ3) is 4.03. The fraction of sp³-hybridized carbons (Fsp3) is 0.909. The van der Waals surface area contributed by atoms with Gasteiger partial charge in [-0.1, -0.05) is 13.3 Å². The van der Waals surface area contributed by atoms with E-state index in [1.54, 1.807) is 11.8 Å². The molecule has 1 fully saturated rings. The SMILES string of the molecule is CCCCSC(C)C(=O)N1CC[C@@H](N)C1. The van der Waals surface area contributed by atoms with Gasteiger partial charge in [0.25, 0.3) is 0 Å². The van der Waals surface area contributed by atoms with Gasteiger partial charge in [-0.25, -0.2) is 0 Å². The summed E-state index contributed by atoms with van der Waals surface area (Å²) in [7, 11) is 0. The first kappa shape index (κ1) is 12.8. The molecule has 3 nitrogen and oxygen atoms in total. The fourth-order valence-electron chi connectivity index (χ4n) is 1.72. The lowest BCUT2D eigenvalue weighted by Gasteiger charge is -2.20. The molecule has 1 heterocycles. The van der Waals surface area contributed by atoms with Crippen LogP contribution in [-0.2, 0) is 4.79 Å². The topological polar surface area (TPSA) is 46.3 Å². The summed E-state index contributed by atoms with van der Waals surface area (Å²) in [6.07, 6.45) is 3.35. The molecule has 0 bridgehead atoms. The number of nitrogens with zero attached hydrogens (tertiary/aromatic N) is 1. The number of thioether (sulfide) groups is 1. The van der Waals surface area contributed by atoms with Crippen LogP contribution >= 0.6 is 11.8 Å². The first-order valence-corrected chi connectivity index (χ1v) is 6.86. The van der Waals surface area contributed by atoms with Crippen LogP contribution in [0.5, 0.6) is 0 Å². The Morgan fingerprint density at radius 2 is 2.40 bits per heavy atom. The lowest BCUT2D eigenvalue weighted by atomic mass is 10.3. The molecule has 0 aliphatic carbocycles. The van der Waals surface area contributed by atoms with Crippen LogP contribution in [0.4, 0.5) is 0 Å². The molecule has 88 valence electrons. The molecule has 1 aliphatic heterocycles. The normalized spacial score (nSPS) is 23.1. The van der Waals surface area contributed by atoms with Crippen molar-refractivity contribution < 1.29 is 4.79 Å². The molecule has 0 aromatic rings. The van der Waals surface area contributed by atoms with E-state index in [1.165, 1.54) is 12.8 Å². The monoisotopic (exact) mass is 230 g/mol. The van der Waals surface area contributed by atoms with E-state index in [0.29, 0.717) is 0 Å². The van der Waals surface area contributed by atoms with E-state index in [-0.39, 0.29) is 17.2 Å². The third-order valence-corrected chi connectivity index (χ3v) is 3.98. The number of likely N-dealkylation sites (tertiary alicyclic amines) is 1. The molecule has 0 saturated carbocycles. The van der Waals surface area contributed by atoms with E-state index in [4.69, 9.17) is 5.73 Å². The van der Waals surface area contributed by atoms with Gasteiger partial charge in [0, 0.05) is 19.1 Å². The van der Waals surface area contributed by atoms with Crippen molar-refractivity contribution >= 4 is 17.7 Å². The zero-order chi connectivity index (χ0) is 11.3. The second kappa shape index (κ2) is 6.38. The molecule has 15 heavy (non-hydrogen) atoms. The van der Waals surface area contributed by atoms with Gasteiger partial charge in [-0.2, -0.15) is 0 Å². The quantitative estimate of drug-likeness (QED) is 0.728. The summed E-state index contributed by atoms with van der Waals surface area (Å²) in [5.41, 5.74) is 5.78. The van der Waals surface area contributed by atoms with Gasteiger partial charge in [-0.3, -0.25) is 4.79 Å². The number of carbonyl (C=O) groups is 1. The number of unbranched alkanes of at least 4 members (excludes halogenated alkanes) is 1. The summed E-state index contributed by atoms with van der Waals surface area (Å²) < 4.78 is 0. The van der Waals surface area contributed by atoms with E-state index < -0.39 is 0 Å². The summed E-state index contributed by atoms with van der Waals surface area (Å²) in [6.45, 7) is 5.77. The van der Waals surface area contributed by atoms with Crippen LogP contribution in [-0.4, -0.2) is 40.9 Å². The highest BCUT2D eigenvalue weighted by molar-refractivity contribution is 8.00. The zero-order valence-corrected chi connectivity index (χ0v) is 10.6. The Labute approximate surface area is 96.8 Å². The van der Waals surface area contributed by atoms with Crippen molar-refractivity contribution in [1.29, 1.82) is 0 Å². The number of amides is 1. The van der Waals surface area contributed by atoms with Crippen molar-refractivity contribution in [3.8, 4) is 0 Å². The van der Waals surface area contributed by atoms with Gasteiger partial charge in [0.1, 0.15) is 0 Å². The number of carbonyl (C=O) groups excluding carboxylic acids is 1. The molecular formula is C11H22N2OS. The van der Waals surface area contributed by atoms with Gasteiger partial charge in [-0.15, -0.1) is 11.8 Å². The van der Waals surface area contributed by atoms with Crippen LogP contribution in [0.3, 0.4) is 0 Å². The van der Waals surface area contributed by atoms with Crippen molar-refractivity contribution in [1.82, 2.24) is 4.90 Å². The van der Waals surface area contributed by atoms with Crippen molar-refractivity contribution in [3.63, 3.8) is 0 Å². The predicted octanol–water partition coefficient (Wildman–Crippen LogP) is 1.47. The predicted molar refractivity (Wildman–Crippen MR) is 66.0 cm³/mol. The maximum Gasteiger partial charge on any atom is 0.235 e. The van der Waals surface area contributed by atoms with Gasteiger partial charge in [-0.05, 0) is 25.5 Å². The highest BCUT2D eigenvalue weighted by Gasteiger charge is 2.26. The third-order valence-electron chi connectivity index (χ3n) is 2.75. The van der Waals surface area contributed by atoms with Crippen LogP contribution in [0.2, 0.25) is 0 Å². The second-order valence-electron chi connectivity index (χ2n) is 4.20. The van der Waals surface area contributed by atoms with Crippen LogP contribution < -0.4 is 5.73 Å². The van der Waals surface area contributed by atoms with E-state index >= 15 is 0 Å². The smallest absolute Gasteiger partial charge is 0.235 e. The maximum absolute atomic E-state index is 11.9. The molecule has 4 heteroatoms. The highest BCUT2D eigenvalue weighted by atomic mass is 32.2. The summed E-state index contributed by atoms with van der Waals surface area (Å²) in [6, 6.07) is 0.196. The van der Waals surface area contributed by atoms with E-state index in [2.05, 4.69) is 6.92 Å². The molecule has 1 amide bonds. The molecule has 0 aromatic carbocycles. The Morgan fingerprint density at radius 3 is 2.93 bits per heavy atom. The van der Waals surface area contributed by atoms with Crippen LogP contribution in [0.15, 0.2) is 0 Å². The highest BCUT2D eigenvalue weighted by Crippen LogP contribution is 2.18. The minimum absolute atomic E-state index is 0.0989. The summed E-state index contributed by atoms with van der Waals surface area (Å²) in [5, 5.41) is 0.0989. The van der Waals surface area contributed by atoms with E-state index in [0.717, 1.165) is 25.3 Å². The summed E-state index contributed by atoms with van der Waals surface area (Å²) >= 11 is 1.77. The fourth-order valence-corrected chi connectivity index (χ4v) is 2.82. The Kier molecular flexibility index (Phi) is 5.47. The lowest BCUT2D eigenvalue weighted by molar-refractivity contribution is -0.129. The van der Waals surface area contributed by atoms with Crippen LogP contribution in [0.25, 0.3) is 0 Å². The van der Waals surface area contributed by atoms with Crippen molar-refractivity contribution in [3.05, 3.63) is 0 Å². The molecule has 2 atom stereocenters. The Balaban J connectivity index is 2.26. The molecule has 1 saturated heterocycles. The second-order valence-corrected chi connectivity index (χ2v) is 5.65. The van der Waals surface area contributed by atoms with Gasteiger partial charge in [0.05, 0.1) is 5.25 Å². The summed E-state index contributed by atoms with van der Waals surface area (Å²) in [4.78, 5) is 13.8. The number of hydrogen-bond donors (Lipinski definition) is 1. The van der Waals surface area contributed by atoms with E-state index in [1.807, 2.05) is 11.8 Å². The number of nitrogens with two attached hydrogens (primary N) is 1. The molecular weight excluding hydrogens is 208 g/mol. The van der Waals surface area contributed by atoms with Crippen LogP contribution in [0, 0.1) is 0 Å². The van der Waals surface area contributed by atoms with E-state index in [9.17, 15) is 4.79 Å². The van der Waals surface area contributed by atoms with Crippen molar-refractivity contribution in [2.45, 2.75) is 44.4 Å². The van der Waals surface area contributed by atoms with Crippen molar-refractivity contribution in [2.75, 3.05) is 18.8 Å². The van der Waals surface area contributed by atoms with Crippen LogP contribution in [0.1, 0.15) is 33.1 Å². The van der Waals surface area contributed by atoms with Gasteiger partial charge >= 0.3 is 0 Å². The Hall–Kier alpha value is -0.220.